The summed E-state index contributed by atoms with van der Waals surface area (Å²) in [6.07, 6.45) is 3.30. The van der Waals surface area contributed by atoms with Gasteiger partial charge < -0.3 is 0 Å². The fourth-order valence-electron chi connectivity index (χ4n) is 3.32. The van der Waals surface area contributed by atoms with Gasteiger partial charge in [0.2, 0.25) is 10.0 Å². The van der Waals surface area contributed by atoms with Crippen LogP contribution in [0.5, 0.6) is 0 Å². The molecule has 1 heterocycles. The van der Waals surface area contributed by atoms with Crippen LogP contribution in [0.15, 0.2) is 24.3 Å². The molecular formula is C18H21FN4O2S. The van der Waals surface area contributed by atoms with Gasteiger partial charge >= 0.3 is 0 Å². The van der Waals surface area contributed by atoms with Crippen molar-refractivity contribution in [3.05, 3.63) is 41.3 Å². The molecule has 0 aliphatic heterocycles. The van der Waals surface area contributed by atoms with Crippen molar-refractivity contribution in [1.82, 2.24) is 14.9 Å². The topological polar surface area (TPSA) is 98.6 Å². The van der Waals surface area contributed by atoms with E-state index in [1.54, 1.807) is 13.0 Å². The molecule has 0 bridgehead atoms. The third-order valence-corrected chi connectivity index (χ3v) is 6.33. The van der Waals surface area contributed by atoms with Crippen LogP contribution in [0.25, 0.3) is 11.3 Å². The van der Waals surface area contributed by atoms with Gasteiger partial charge in [0.05, 0.1) is 17.0 Å². The van der Waals surface area contributed by atoms with Gasteiger partial charge in [-0.2, -0.15) is 10.4 Å². The number of sulfonamides is 1. The van der Waals surface area contributed by atoms with Gasteiger partial charge in [0.25, 0.3) is 0 Å². The number of halogens is 1. The molecule has 138 valence electrons. The van der Waals surface area contributed by atoms with Gasteiger partial charge in [-0.3, -0.25) is 5.10 Å². The third kappa shape index (κ3) is 4.11. The van der Waals surface area contributed by atoms with E-state index in [0.29, 0.717) is 11.3 Å². The Hall–Kier alpha value is -2.24. The molecule has 6 nitrogen and oxygen atoms in total. The van der Waals surface area contributed by atoms with Crippen LogP contribution in [0.1, 0.15) is 49.8 Å². The molecule has 2 aromatic rings. The number of aromatic amines is 1. The molecular weight excluding hydrogens is 355 g/mol. The first-order valence-corrected chi connectivity index (χ1v) is 10.3. The zero-order valence-electron chi connectivity index (χ0n) is 14.5. The number of rotatable bonds is 5. The first-order chi connectivity index (χ1) is 12.4. The summed E-state index contributed by atoms with van der Waals surface area (Å²) in [6.45, 7) is 1.63. The largest absolute Gasteiger partial charge is 0.282 e. The lowest BCUT2D eigenvalue weighted by Crippen LogP contribution is -2.38. The van der Waals surface area contributed by atoms with Crippen molar-refractivity contribution >= 4 is 10.0 Å². The lowest BCUT2D eigenvalue weighted by atomic mass is 9.84. The average Bonchev–Trinajstić information content (AvgIpc) is 3.12. The normalized spacial score (nSPS) is 20.7. The Morgan fingerprint density at radius 1 is 1.31 bits per heavy atom. The fourth-order valence-corrected chi connectivity index (χ4v) is 4.23. The first kappa shape index (κ1) is 18.5. The highest BCUT2D eigenvalue weighted by molar-refractivity contribution is 7.89. The van der Waals surface area contributed by atoms with Crippen LogP contribution in [0, 0.1) is 17.1 Å². The van der Waals surface area contributed by atoms with E-state index < -0.39 is 15.8 Å². The van der Waals surface area contributed by atoms with Gasteiger partial charge in [-0.05, 0) is 56.9 Å². The monoisotopic (exact) mass is 376 g/mol. The Labute approximate surface area is 152 Å². The summed E-state index contributed by atoms with van der Waals surface area (Å²) < 4.78 is 39.6. The van der Waals surface area contributed by atoms with Crippen molar-refractivity contribution in [3.8, 4) is 17.3 Å². The van der Waals surface area contributed by atoms with Gasteiger partial charge in [0, 0.05) is 23.2 Å². The zero-order chi connectivity index (χ0) is 18.7. The maximum atomic E-state index is 13.5. The standard InChI is InChI=1S/C18H21FN4O2S/c1-2-26(24,25)23-15-6-3-12(4-7-15)17-10-18(22-21-17)13-5-8-16(19)14(9-13)11-20/h5,8-10,12,15,23H,2-4,6-7H2,1H3,(H,21,22)/t12-,15-. The van der Waals surface area contributed by atoms with Crippen molar-refractivity contribution in [2.45, 2.75) is 44.6 Å². The molecule has 8 heteroatoms. The number of hydrogen-bond donors (Lipinski definition) is 2. The Bertz CT molecular complexity index is 925. The predicted octanol–water partition coefficient (Wildman–Crippen LogP) is 3.05. The molecule has 0 unspecified atom stereocenters. The zero-order valence-corrected chi connectivity index (χ0v) is 15.3. The van der Waals surface area contributed by atoms with E-state index in [1.165, 1.54) is 12.1 Å². The van der Waals surface area contributed by atoms with Crippen LogP contribution in [0.3, 0.4) is 0 Å². The van der Waals surface area contributed by atoms with Crippen molar-refractivity contribution in [3.63, 3.8) is 0 Å². The lowest BCUT2D eigenvalue weighted by Gasteiger charge is -2.28. The van der Waals surface area contributed by atoms with Crippen LogP contribution >= 0.6 is 0 Å². The maximum absolute atomic E-state index is 13.5. The van der Waals surface area contributed by atoms with Crippen molar-refractivity contribution in [1.29, 1.82) is 5.26 Å². The number of aromatic nitrogens is 2. The number of nitrogens with zero attached hydrogens (tertiary/aromatic N) is 2. The number of nitrogens with one attached hydrogen (secondary N) is 2. The molecule has 0 atom stereocenters. The molecule has 0 saturated heterocycles. The highest BCUT2D eigenvalue weighted by atomic mass is 32.2. The number of nitriles is 1. The summed E-state index contributed by atoms with van der Waals surface area (Å²) in [4.78, 5) is 0. The van der Waals surface area contributed by atoms with E-state index in [1.807, 2.05) is 12.1 Å². The van der Waals surface area contributed by atoms with Crippen LogP contribution < -0.4 is 4.72 Å². The van der Waals surface area contributed by atoms with Gasteiger partial charge in [-0.25, -0.2) is 17.5 Å². The van der Waals surface area contributed by atoms with E-state index in [0.717, 1.165) is 31.4 Å². The summed E-state index contributed by atoms with van der Waals surface area (Å²) in [5, 5.41) is 16.3. The second-order valence-electron chi connectivity index (χ2n) is 6.58. The van der Waals surface area contributed by atoms with E-state index in [2.05, 4.69) is 14.9 Å². The van der Waals surface area contributed by atoms with Gasteiger partial charge in [-0.15, -0.1) is 0 Å². The maximum Gasteiger partial charge on any atom is 0.211 e. The first-order valence-electron chi connectivity index (χ1n) is 8.67. The molecule has 1 aromatic carbocycles. The number of H-pyrrole nitrogens is 1. The highest BCUT2D eigenvalue weighted by Gasteiger charge is 2.26. The van der Waals surface area contributed by atoms with Crippen LogP contribution in [0.2, 0.25) is 0 Å². The molecule has 26 heavy (non-hydrogen) atoms. The van der Waals surface area contributed by atoms with Gasteiger partial charge in [0.15, 0.2) is 0 Å². The van der Waals surface area contributed by atoms with Crippen molar-refractivity contribution in [2.75, 3.05) is 5.75 Å². The summed E-state index contributed by atoms with van der Waals surface area (Å²) in [7, 11) is -3.17. The Kier molecular flexibility index (Phi) is 5.39. The molecule has 1 aliphatic rings. The van der Waals surface area contributed by atoms with Crippen LogP contribution in [0.4, 0.5) is 4.39 Å². The second kappa shape index (κ2) is 7.56. The predicted molar refractivity (Wildman–Crippen MR) is 96.3 cm³/mol. The number of benzene rings is 1. The molecule has 1 aromatic heterocycles. The molecule has 0 amide bonds. The molecule has 0 spiro atoms. The summed E-state index contributed by atoms with van der Waals surface area (Å²) >= 11 is 0. The molecule has 1 fully saturated rings. The fraction of sp³-hybridized carbons (Fsp3) is 0.444. The second-order valence-corrected chi connectivity index (χ2v) is 8.63. The Morgan fingerprint density at radius 2 is 2.04 bits per heavy atom. The SMILES string of the molecule is CCS(=O)(=O)N[C@H]1CC[C@H](c2cc(-c3ccc(F)c(C#N)c3)n[nH]2)CC1. The smallest absolute Gasteiger partial charge is 0.211 e. The van der Waals surface area contributed by atoms with E-state index in [-0.39, 0.29) is 23.3 Å². The van der Waals surface area contributed by atoms with E-state index >= 15 is 0 Å². The summed E-state index contributed by atoms with van der Waals surface area (Å²) in [5.41, 5.74) is 2.34. The van der Waals surface area contributed by atoms with Crippen molar-refractivity contribution < 1.29 is 12.8 Å². The summed E-state index contributed by atoms with van der Waals surface area (Å²) in [6, 6.07) is 8.12. The molecule has 2 N–H and O–H groups in total. The Morgan fingerprint density at radius 3 is 2.69 bits per heavy atom. The molecule has 0 radical (unpaired) electrons. The number of hydrogen-bond acceptors (Lipinski definition) is 4. The van der Waals surface area contributed by atoms with E-state index in [4.69, 9.17) is 5.26 Å². The minimum Gasteiger partial charge on any atom is -0.282 e. The molecule has 1 aliphatic carbocycles. The third-order valence-electron chi connectivity index (χ3n) is 4.87. The van der Waals surface area contributed by atoms with Crippen molar-refractivity contribution in [2.24, 2.45) is 0 Å². The highest BCUT2D eigenvalue weighted by Crippen LogP contribution is 2.33. The minimum absolute atomic E-state index is 0.00392. The molecule has 1 saturated carbocycles. The Balaban J connectivity index is 1.67. The summed E-state index contributed by atoms with van der Waals surface area (Å²) in [5.74, 6) is -0.159. The van der Waals surface area contributed by atoms with Crippen LogP contribution in [-0.4, -0.2) is 30.4 Å². The lowest BCUT2D eigenvalue weighted by molar-refractivity contribution is 0.370. The quantitative estimate of drug-likeness (QED) is 0.838. The minimum atomic E-state index is -3.17. The van der Waals surface area contributed by atoms with Gasteiger partial charge in [-0.1, -0.05) is 0 Å². The van der Waals surface area contributed by atoms with Crippen LogP contribution in [-0.2, 0) is 10.0 Å². The molecule has 3 rings (SSSR count). The average molecular weight is 376 g/mol. The van der Waals surface area contributed by atoms with Gasteiger partial charge in [0.1, 0.15) is 11.9 Å². The van der Waals surface area contributed by atoms with E-state index in [9.17, 15) is 12.8 Å².